The van der Waals surface area contributed by atoms with Crippen LogP contribution >= 0.6 is 8.38 Å². The van der Waals surface area contributed by atoms with Crippen LogP contribution in [0, 0.1) is 11.3 Å². The van der Waals surface area contributed by atoms with Crippen LogP contribution in [0.2, 0.25) is 0 Å². The van der Waals surface area contributed by atoms with Gasteiger partial charge in [0, 0.05) is 19.8 Å². The van der Waals surface area contributed by atoms with Crippen molar-refractivity contribution in [3.05, 3.63) is 95.6 Å². The summed E-state index contributed by atoms with van der Waals surface area (Å²) >= 11 is 0. The molecule has 0 radical (unpaired) electrons. The van der Waals surface area contributed by atoms with E-state index in [-0.39, 0.29) is 12.1 Å². The summed E-state index contributed by atoms with van der Waals surface area (Å²) in [5.41, 5.74) is 2.78. The molecular formula is C38H50N3O5P. The first kappa shape index (κ1) is 36.2. The molecule has 4 rings (SSSR count). The summed E-state index contributed by atoms with van der Waals surface area (Å²) in [6.07, 6.45) is 8.65. The highest BCUT2D eigenvalue weighted by molar-refractivity contribution is 7.46. The summed E-state index contributed by atoms with van der Waals surface area (Å²) in [6, 6.07) is 29.2. The number of amides is 2. The van der Waals surface area contributed by atoms with Crippen LogP contribution in [0.25, 0.3) is 0 Å². The third kappa shape index (κ3) is 9.70. The summed E-state index contributed by atoms with van der Waals surface area (Å²) in [4.78, 5) is 15.9. The second-order valence-corrected chi connectivity index (χ2v) is 13.2. The lowest BCUT2D eigenvalue weighted by Gasteiger charge is -2.45. The number of ether oxygens (including phenoxy) is 2. The number of carbonyl (C=O) groups excluding carboxylic acids is 1. The molecule has 1 saturated heterocycles. The average Bonchev–Trinajstić information content (AvgIpc) is 3.61. The summed E-state index contributed by atoms with van der Waals surface area (Å²) in [7, 11) is 2.47. The number of benzene rings is 3. The molecule has 252 valence electrons. The Morgan fingerprint density at radius 3 is 1.98 bits per heavy atom. The predicted octanol–water partition coefficient (Wildman–Crippen LogP) is 8.44. The molecule has 0 bridgehead atoms. The van der Waals surface area contributed by atoms with E-state index in [9.17, 15) is 4.79 Å². The molecule has 0 aromatic heterocycles. The van der Waals surface area contributed by atoms with Crippen molar-refractivity contribution in [1.29, 1.82) is 5.26 Å². The molecule has 1 unspecified atom stereocenters. The van der Waals surface area contributed by atoms with Gasteiger partial charge in [0.2, 0.25) is 0 Å². The van der Waals surface area contributed by atoms with Crippen LogP contribution in [0.1, 0.15) is 74.5 Å². The Morgan fingerprint density at radius 1 is 0.830 bits per heavy atom. The zero-order chi connectivity index (χ0) is 33.3. The number of rotatable bonds is 19. The molecule has 0 saturated carbocycles. The van der Waals surface area contributed by atoms with Crippen LogP contribution in [0.5, 0.6) is 11.5 Å². The lowest BCUT2D eigenvalue weighted by atomic mass is 9.64. The maximum atomic E-state index is 13.9. The fourth-order valence-electron chi connectivity index (χ4n) is 6.63. The third-order valence-electron chi connectivity index (χ3n) is 8.94. The molecule has 0 spiro atoms. The molecule has 9 heteroatoms. The van der Waals surface area contributed by atoms with Gasteiger partial charge in [0.05, 0.1) is 51.4 Å². The number of methoxy groups -OCH3 is 2. The van der Waals surface area contributed by atoms with E-state index in [2.05, 4.69) is 64.8 Å². The quantitative estimate of drug-likeness (QED) is 0.0789. The molecule has 3 aromatic carbocycles. The fraction of sp³-hybridized carbons (Fsp3) is 0.474. The largest absolute Gasteiger partial charge is 0.497 e. The summed E-state index contributed by atoms with van der Waals surface area (Å²) in [6.45, 7) is 4.44. The molecule has 1 aliphatic heterocycles. The number of carbonyl (C=O) groups is 1. The van der Waals surface area contributed by atoms with E-state index in [1.54, 1.807) is 14.2 Å². The highest BCUT2D eigenvalue weighted by Crippen LogP contribution is 2.48. The third-order valence-corrected chi connectivity index (χ3v) is 10.0. The summed E-state index contributed by atoms with van der Waals surface area (Å²) in [5.74, 6) is 1.60. The Balaban J connectivity index is 1.40. The molecule has 1 N–H and O–H groups in total. The van der Waals surface area contributed by atoms with Crippen molar-refractivity contribution in [2.24, 2.45) is 0 Å². The van der Waals surface area contributed by atoms with Gasteiger partial charge in [0.1, 0.15) is 11.5 Å². The van der Waals surface area contributed by atoms with Crippen LogP contribution < -0.4 is 14.8 Å². The second kappa shape index (κ2) is 19.3. The minimum atomic E-state index is -0.896. The molecule has 8 nitrogen and oxygen atoms in total. The Hall–Kier alpha value is -3.63. The smallest absolute Gasteiger partial charge is 0.317 e. The van der Waals surface area contributed by atoms with Crippen molar-refractivity contribution >= 4 is 14.4 Å². The maximum Gasteiger partial charge on any atom is 0.317 e. The van der Waals surface area contributed by atoms with Gasteiger partial charge in [-0.1, -0.05) is 80.3 Å². The number of nitriles is 1. The first-order chi connectivity index (χ1) is 23.0. The summed E-state index contributed by atoms with van der Waals surface area (Å²) < 4.78 is 22.2. The normalized spacial score (nSPS) is 15.2. The molecule has 1 fully saturated rings. The highest BCUT2D eigenvalue weighted by Gasteiger charge is 2.49. The fourth-order valence-corrected chi connectivity index (χ4v) is 7.44. The number of nitrogens with one attached hydrogen (secondary N) is 1. The van der Waals surface area contributed by atoms with E-state index < -0.39 is 13.8 Å². The van der Waals surface area contributed by atoms with Gasteiger partial charge in [-0.3, -0.25) is 0 Å². The molecule has 2 atom stereocenters. The van der Waals surface area contributed by atoms with Crippen molar-refractivity contribution < 1.29 is 23.3 Å². The van der Waals surface area contributed by atoms with Crippen LogP contribution in [-0.4, -0.2) is 64.2 Å². The first-order valence-corrected chi connectivity index (χ1v) is 18.4. The number of nitrogens with zero attached hydrogens (tertiary/aromatic N) is 2. The van der Waals surface area contributed by atoms with E-state index in [4.69, 9.17) is 23.8 Å². The number of hydrogen-bond acceptors (Lipinski definition) is 6. The van der Waals surface area contributed by atoms with Crippen molar-refractivity contribution in [3.8, 4) is 17.6 Å². The Kier molecular flexibility index (Phi) is 14.8. The molecular weight excluding hydrogens is 609 g/mol. The standard InChI is InChI=1S/C38H50N3O5P/c1-43-34-22-18-32(19-23-34)38(31-15-9-8-10-16-31,33-20-24-35(44-2)25-21-33)36-17-13-28-41(36)37(42)40-27-11-6-4-5-7-12-29-45-47(3)46-30-14-26-39/h8-10,15-16,18-25,36H,4-7,11-14,17,27-30H2,1-3H3,(H,40,42)/t36-,47?/m0/s1. The lowest BCUT2D eigenvalue weighted by Crippen LogP contribution is -2.53. The number of likely N-dealkylation sites (tertiary alicyclic amines) is 1. The minimum Gasteiger partial charge on any atom is -0.497 e. The van der Waals surface area contributed by atoms with Crippen LogP contribution in [0.4, 0.5) is 4.79 Å². The average molecular weight is 660 g/mol. The van der Waals surface area contributed by atoms with E-state index in [1.807, 2.05) is 37.0 Å². The Morgan fingerprint density at radius 2 is 1.38 bits per heavy atom. The van der Waals surface area contributed by atoms with Crippen LogP contribution in [0.15, 0.2) is 78.9 Å². The van der Waals surface area contributed by atoms with Crippen LogP contribution in [0.3, 0.4) is 0 Å². The second-order valence-electron chi connectivity index (χ2n) is 11.8. The molecule has 1 heterocycles. The van der Waals surface area contributed by atoms with E-state index in [0.29, 0.717) is 32.7 Å². The van der Waals surface area contributed by atoms with Crippen LogP contribution in [-0.2, 0) is 14.5 Å². The number of hydrogen-bond donors (Lipinski definition) is 1. The zero-order valence-electron chi connectivity index (χ0n) is 28.2. The SMILES string of the molecule is COc1ccc(C(c2ccccc2)(c2ccc(OC)cc2)[C@@H]2CCCN2C(=O)NCCCCCCCCOP(C)OCCC#N)cc1. The van der Waals surface area contributed by atoms with Gasteiger partial charge < -0.3 is 28.7 Å². The van der Waals surface area contributed by atoms with E-state index in [1.165, 1.54) is 0 Å². The van der Waals surface area contributed by atoms with E-state index >= 15 is 0 Å². The molecule has 1 aliphatic rings. The molecule has 47 heavy (non-hydrogen) atoms. The monoisotopic (exact) mass is 659 g/mol. The van der Waals surface area contributed by atoms with Gasteiger partial charge in [0.15, 0.2) is 8.38 Å². The van der Waals surface area contributed by atoms with Gasteiger partial charge in [-0.2, -0.15) is 5.26 Å². The highest BCUT2D eigenvalue weighted by atomic mass is 31.2. The van der Waals surface area contributed by atoms with E-state index in [0.717, 1.165) is 79.6 Å². The molecule has 3 aromatic rings. The van der Waals surface area contributed by atoms with Crippen molar-refractivity contribution in [1.82, 2.24) is 10.2 Å². The van der Waals surface area contributed by atoms with Crippen molar-refractivity contribution in [2.75, 3.05) is 47.2 Å². The minimum absolute atomic E-state index is 0.0000290. The first-order valence-electron chi connectivity index (χ1n) is 16.8. The summed E-state index contributed by atoms with van der Waals surface area (Å²) in [5, 5.41) is 11.9. The lowest BCUT2D eigenvalue weighted by molar-refractivity contribution is 0.177. The number of unbranched alkanes of at least 4 members (excludes halogenated alkanes) is 5. The zero-order valence-corrected chi connectivity index (χ0v) is 29.1. The molecule has 2 amide bonds. The Labute approximate surface area is 282 Å². The van der Waals surface area contributed by atoms with Crippen molar-refractivity contribution in [2.45, 2.75) is 69.2 Å². The topological polar surface area (TPSA) is 93.1 Å². The van der Waals surface area contributed by atoms with Gasteiger partial charge in [-0.05, 0) is 66.6 Å². The van der Waals surface area contributed by atoms with Crippen molar-refractivity contribution in [3.63, 3.8) is 0 Å². The maximum absolute atomic E-state index is 13.9. The van der Waals surface area contributed by atoms with Gasteiger partial charge in [-0.25, -0.2) is 4.79 Å². The Bertz CT molecular complexity index is 1330. The van der Waals surface area contributed by atoms with Gasteiger partial charge in [-0.15, -0.1) is 0 Å². The molecule has 0 aliphatic carbocycles. The van der Waals surface area contributed by atoms with Gasteiger partial charge >= 0.3 is 6.03 Å². The predicted molar refractivity (Wildman–Crippen MR) is 188 cm³/mol. The van der Waals surface area contributed by atoms with Gasteiger partial charge in [0.25, 0.3) is 0 Å². The number of urea groups is 1.